The van der Waals surface area contributed by atoms with Gasteiger partial charge in [-0.15, -0.1) is 0 Å². The number of hydrogen-bond donors (Lipinski definition) is 8. The van der Waals surface area contributed by atoms with E-state index < -0.39 is 82.7 Å². The number of carbonyl (C=O) groups excluding carboxylic acids is 3. The van der Waals surface area contributed by atoms with Crippen LogP contribution in [-0.4, -0.2) is 129 Å². The molecule has 0 aliphatic carbocycles. The first kappa shape index (κ1) is 33.7. The van der Waals surface area contributed by atoms with Crippen LogP contribution < -0.4 is 5.32 Å². The molecule has 1 unspecified atom stereocenters. The molecular formula is C26H31BFN3O12. The van der Waals surface area contributed by atoms with E-state index in [1.165, 1.54) is 6.07 Å². The maximum atomic E-state index is 15.3. The molecule has 2 saturated heterocycles. The first-order valence-corrected chi connectivity index (χ1v) is 12.7. The van der Waals surface area contributed by atoms with E-state index in [1.807, 2.05) is 4.90 Å². The van der Waals surface area contributed by atoms with Crippen LogP contribution >= 0.6 is 0 Å². The fourth-order valence-corrected chi connectivity index (χ4v) is 4.52. The molecule has 0 saturated carbocycles. The van der Waals surface area contributed by atoms with E-state index in [0.717, 1.165) is 7.05 Å². The summed E-state index contributed by atoms with van der Waals surface area (Å²) in [6.45, 7) is 3.92. The Kier molecular flexibility index (Phi) is 10.0. The zero-order valence-electron chi connectivity index (χ0n) is 23.0. The lowest BCUT2D eigenvalue weighted by molar-refractivity contribution is -0.398. The molecule has 2 aliphatic rings. The fourth-order valence-electron chi connectivity index (χ4n) is 4.52. The second-order valence-electron chi connectivity index (χ2n) is 9.74. The average molecular weight is 607 g/mol. The lowest BCUT2D eigenvalue weighted by Gasteiger charge is -2.46. The predicted molar refractivity (Wildman–Crippen MR) is 143 cm³/mol. The monoisotopic (exact) mass is 607 g/mol. The summed E-state index contributed by atoms with van der Waals surface area (Å²) in [5.74, 6) is -15.2. The van der Waals surface area contributed by atoms with Crippen LogP contribution in [0.1, 0.15) is 11.1 Å². The maximum absolute atomic E-state index is 15.3. The third-order valence-electron chi connectivity index (χ3n) is 7.02. The molecule has 0 aromatic heterocycles. The van der Waals surface area contributed by atoms with Gasteiger partial charge in [0, 0.05) is 49.0 Å². The van der Waals surface area contributed by atoms with Gasteiger partial charge in [0.05, 0.1) is 25.3 Å². The number of carbonyl (C=O) groups is 3. The van der Waals surface area contributed by atoms with Gasteiger partial charge in [-0.3, -0.25) is 24.2 Å². The number of benzene rings is 1. The minimum absolute atomic E-state index is 0.0275. The number of hydrogen-bond acceptors (Lipinski definition) is 13. The molecule has 2 fully saturated rings. The van der Waals surface area contributed by atoms with Gasteiger partial charge in [-0.05, 0) is 0 Å². The standard InChI is InChI=1S/C26H31BFN3O12/c1-14(33)20(34)18-17(11-31(22(18)35)25(39,23(36)29-2)26(40,41)24(37,38)13-32)21(27)43-12-16-5-3-4-15(19(16)28)10-30-6-8-42-9-7-30/h3-5,13,33-34,37-41H,1,6-12H2,2H3,(H,29,36)/b20-18-,21-17+. The summed E-state index contributed by atoms with van der Waals surface area (Å²) in [6.07, 6.45) is -0.832. The molecule has 1 aromatic rings. The van der Waals surface area contributed by atoms with Gasteiger partial charge in [0.25, 0.3) is 29.1 Å². The van der Waals surface area contributed by atoms with E-state index in [0.29, 0.717) is 31.9 Å². The Morgan fingerprint density at radius 2 is 1.79 bits per heavy atom. The quantitative estimate of drug-likeness (QED) is 0.0421. The molecule has 17 heteroatoms. The van der Waals surface area contributed by atoms with E-state index >= 15 is 4.39 Å². The minimum Gasteiger partial charge on any atom is -0.505 e. The number of likely N-dealkylation sites (N-methyl/N-ethyl adjacent to an activating group) is 1. The number of aliphatic hydroxyl groups is 7. The molecule has 232 valence electrons. The largest absolute Gasteiger partial charge is 0.505 e. The van der Waals surface area contributed by atoms with Gasteiger partial charge in [0.2, 0.25) is 0 Å². The van der Waals surface area contributed by atoms with Crippen molar-refractivity contribution in [1.29, 1.82) is 0 Å². The van der Waals surface area contributed by atoms with Crippen molar-refractivity contribution in [2.24, 2.45) is 0 Å². The summed E-state index contributed by atoms with van der Waals surface area (Å²) in [4.78, 5) is 39.2. The first-order valence-electron chi connectivity index (χ1n) is 12.7. The molecule has 2 amide bonds. The van der Waals surface area contributed by atoms with Crippen LogP contribution in [0.5, 0.6) is 0 Å². The zero-order valence-corrected chi connectivity index (χ0v) is 23.0. The number of nitrogens with zero attached hydrogens (tertiary/aromatic N) is 2. The number of aldehydes is 1. The molecular weight excluding hydrogens is 576 g/mol. The molecule has 43 heavy (non-hydrogen) atoms. The molecule has 0 bridgehead atoms. The summed E-state index contributed by atoms with van der Waals surface area (Å²) in [5.41, 5.74) is -5.93. The van der Waals surface area contributed by atoms with Crippen LogP contribution in [0.25, 0.3) is 0 Å². The number of morpholine rings is 1. The van der Waals surface area contributed by atoms with Gasteiger partial charge in [-0.1, -0.05) is 24.8 Å². The van der Waals surface area contributed by atoms with Gasteiger partial charge < -0.3 is 50.5 Å². The molecule has 1 aromatic carbocycles. The van der Waals surface area contributed by atoms with E-state index in [1.54, 1.807) is 17.4 Å². The van der Waals surface area contributed by atoms with Crippen molar-refractivity contribution in [2.45, 2.75) is 30.5 Å². The molecule has 15 nitrogen and oxygen atoms in total. The van der Waals surface area contributed by atoms with Crippen molar-refractivity contribution >= 4 is 25.9 Å². The van der Waals surface area contributed by atoms with Crippen LogP contribution in [0.2, 0.25) is 0 Å². The second kappa shape index (κ2) is 12.8. The molecule has 2 heterocycles. The molecule has 0 spiro atoms. The summed E-state index contributed by atoms with van der Waals surface area (Å²) in [7, 11) is 6.87. The summed E-state index contributed by atoms with van der Waals surface area (Å²) < 4.78 is 26.0. The summed E-state index contributed by atoms with van der Waals surface area (Å²) in [5, 5.41) is 73.8. The molecule has 1 atom stereocenters. The highest BCUT2D eigenvalue weighted by atomic mass is 19.1. The predicted octanol–water partition coefficient (Wildman–Crippen LogP) is -2.72. The average Bonchev–Trinajstić information content (AvgIpc) is 3.33. The minimum atomic E-state index is -4.50. The van der Waals surface area contributed by atoms with Crippen LogP contribution in [-0.2, 0) is 37.0 Å². The Balaban J connectivity index is 2.03. The van der Waals surface area contributed by atoms with E-state index in [-0.39, 0.29) is 17.0 Å². The van der Waals surface area contributed by atoms with Gasteiger partial charge in [-0.25, -0.2) is 4.39 Å². The number of likely N-dealkylation sites (tertiary alicyclic amines) is 1. The summed E-state index contributed by atoms with van der Waals surface area (Å²) in [6, 6.07) is 4.54. The van der Waals surface area contributed by atoms with Crippen molar-refractivity contribution in [3.63, 3.8) is 0 Å². The van der Waals surface area contributed by atoms with Gasteiger partial charge in [-0.2, -0.15) is 0 Å². The van der Waals surface area contributed by atoms with Crippen molar-refractivity contribution in [2.75, 3.05) is 39.9 Å². The van der Waals surface area contributed by atoms with Gasteiger partial charge in [0.15, 0.2) is 25.7 Å². The first-order chi connectivity index (χ1) is 20.0. The lowest BCUT2D eigenvalue weighted by atomic mass is 9.91. The zero-order chi connectivity index (χ0) is 32.3. The smallest absolute Gasteiger partial charge is 0.285 e. The van der Waals surface area contributed by atoms with Crippen molar-refractivity contribution in [3.05, 3.63) is 70.0 Å². The fraction of sp³-hybridized carbons (Fsp3) is 0.423. The Labute approximate surface area is 245 Å². The topological polar surface area (TPSA) is 230 Å². The van der Waals surface area contributed by atoms with E-state index in [2.05, 4.69) is 6.58 Å². The SMILES string of the molecule is [B]/C(OCc1cccc(CN2CCOCC2)c1F)=C1/CN(C(O)(C(=O)NC)C(O)(O)C(O)(O)C=O)C(=O)/C1=C(\O)C(=C)O. The molecule has 2 aliphatic heterocycles. The highest BCUT2D eigenvalue weighted by molar-refractivity contribution is 6.22. The highest BCUT2D eigenvalue weighted by Crippen LogP contribution is 2.40. The number of halogens is 1. The highest BCUT2D eigenvalue weighted by Gasteiger charge is 2.71. The lowest BCUT2D eigenvalue weighted by Crippen LogP contribution is -2.79. The maximum Gasteiger partial charge on any atom is 0.285 e. The van der Waals surface area contributed by atoms with Gasteiger partial charge >= 0.3 is 0 Å². The molecule has 2 radical (unpaired) electrons. The van der Waals surface area contributed by atoms with Crippen LogP contribution in [0.4, 0.5) is 4.39 Å². The molecule has 3 rings (SSSR count). The Morgan fingerprint density at radius 1 is 1.19 bits per heavy atom. The second-order valence-corrected chi connectivity index (χ2v) is 9.74. The number of amides is 2. The van der Waals surface area contributed by atoms with Gasteiger partial charge in [0.1, 0.15) is 12.4 Å². The van der Waals surface area contributed by atoms with Crippen molar-refractivity contribution in [3.8, 4) is 0 Å². The number of aliphatic hydroxyl groups excluding tert-OH is 2. The number of rotatable bonds is 11. The Hall–Kier alpha value is -3.84. The van der Waals surface area contributed by atoms with Crippen LogP contribution in [0.3, 0.4) is 0 Å². The Bertz CT molecular complexity index is 1360. The van der Waals surface area contributed by atoms with Crippen molar-refractivity contribution < 1.29 is 64.0 Å². The normalized spacial score (nSPS) is 20.3. The van der Waals surface area contributed by atoms with Crippen LogP contribution in [0.15, 0.2) is 53.1 Å². The van der Waals surface area contributed by atoms with Crippen molar-refractivity contribution in [1.82, 2.24) is 15.1 Å². The Morgan fingerprint density at radius 3 is 2.35 bits per heavy atom. The third-order valence-corrected chi connectivity index (χ3v) is 7.02. The van der Waals surface area contributed by atoms with E-state index in [9.17, 15) is 50.1 Å². The number of nitrogens with one attached hydrogen (secondary N) is 1. The third kappa shape index (κ3) is 6.14. The summed E-state index contributed by atoms with van der Waals surface area (Å²) >= 11 is 0. The van der Waals surface area contributed by atoms with Crippen LogP contribution in [0, 0.1) is 5.82 Å². The molecule has 8 N–H and O–H groups in total. The number of ether oxygens (including phenoxy) is 2. The van der Waals surface area contributed by atoms with E-state index in [4.69, 9.17) is 17.3 Å².